The van der Waals surface area contributed by atoms with E-state index in [4.69, 9.17) is 4.74 Å². The van der Waals surface area contributed by atoms with Crippen LogP contribution in [0.4, 0.5) is 5.82 Å². The summed E-state index contributed by atoms with van der Waals surface area (Å²) in [5.41, 5.74) is 1.27. The van der Waals surface area contributed by atoms with E-state index in [1.807, 2.05) is 6.20 Å². The molecule has 1 fully saturated rings. The summed E-state index contributed by atoms with van der Waals surface area (Å²) in [6, 6.07) is 2.18. The molecule has 0 bridgehead atoms. The van der Waals surface area contributed by atoms with E-state index in [2.05, 4.69) is 51.0 Å². The lowest BCUT2D eigenvalue weighted by molar-refractivity contribution is 0.0458. The molecule has 2 heterocycles. The highest BCUT2D eigenvalue weighted by molar-refractivity contribution is 9.10. The van der Waals surface area contributed by atoms with Gasteiger partial charge in [0.25, 0.3) is 0 Å². The molecule has 5 heteroatoms. The molecule has 1 saturated heterocycles. The number of pyridine rings is 1. The van der Waals surface area contributed by atoms with Crippen molar-refractivity contribution in [2.75, 3.05) is 31.1 Å². The monoisotopic (exact) mass is 355 g/mol. The predicted octanol–water partition coefficient (Wildman–Crippen LogP) is 3.35. The fourth-order valence-electron chi connectivity index (χ4n) is 2.76. The van der Waals surface area contributed by atoms with Gasteiger partial charge in [-0.1, -0.05) is 6.92 Å². The molecule has 0 aliphatic carbocycles. The van der Waals surface area contributed by atoms with Gasteiger partial charge in [-0.15, -0.1) is 0 Å². The van der Waals surface area contributed by atoms with Crippen molar-refractivity contribution in [2.45, 2.75) is 45.8 Å². The zero-order valence-corrected chi connectivity index (χ0v) is 14.7. The SMILES string of the molecule is CCCNCc1cc(Br)cnc1N1CCC(OCC)CC1. The minimum absolute atomic E-state index is 0.420. The van der Waals surface area contributed by atoms with Crippen LogP contribution in [-0.4, -0.2) is 37.3 Å². The molecule has 0 amide bonds. The van der Waals surface area contributed by atoms with Gasteiger partial charge in [-0.25, -0.2) is 4.98 Å². The number of hydrogen-bond acceptors (Lipinski definition) is 4. The van der Waals surface area contributed by atoms with Gasteiger partial charge in [0.1, 0.15) is 5.82 Å². The Labute approximate surface area is 136 Å². The molecule has 1 aromatic heterocycles. The molecule has 1 aliphatic rings. The number of nitrogens with zero attached hydrogens (tertiary/aromatic N) is 2. The van der Waals surface area contributed by atoms with Gasteiger partial charge in [0.2, 0.25) is 0 Å². The van der Waals surface area contributed by atoms with Gasteiger partial charge >= 0.3 is 0 Å². The summed E-state index contributed by atoms with van der Waals surface area (Å²) in [5.74, 6) is 1.12. The summed E-state index contributed by atoms with van der Waals surface area (Å²) in [4.78, 5) is 7.04. The summed E-state index contributed by atoms with van der Waals surface area (Å²) >= 11 is 3.53. The van der Waals surface area contributed by atoms with Crippen LogP contribution in [0.25, 0.3) is 0 Å². The lowest BCUT2D eigenvalue weighted by Gasteiger charge is -2.33. The first-order valence-electron chi connectivity index (χ1n) is 7.96. The molecule has 1 N–H and O–H groups in total. The number of anilines is 1. The predicted molar refractivity (Wildman–Crippen MR) is 90.8 cm³/mol. The third-order valence-corrected chi connectivity index (χ3v) is 4.23. The van der Waals surface area contributed by atoms with Crippen molar-refractivity contribution in [3.63, 3.8) is 0 Å². The molecule has 4 nitrogen and oxygen atoms in total. The van der Waals surface area contributed by atoms with Crippen molar-refractivity contribution in [1.82, 2.24) is 10.3 Å². The maximum atomic E-state index is 5.73. The summed E-state index contributed by atoms with van der Waals surface area (Å²) in [6.07, 6.45) is 5.65. The number of ether oxygens (including phenoxy) is 1. The first-order chi connectivity index (χ1) is 10.2. The Morgan fingerprint density at radius 3 is 2.81 bits per heavy atom. The number of piperidine rings is 1. The minimum Gasteiger partial charge on any atom is -0.378 e. The second kappa shape index (κ2) is 8.71. The number of hydrogen-bond donors (Lipinski definition) is 1. The van der Waals surface area contributed by atoms with Crippen molar-refractivity contribution in [3.05, 3.63) is 22.3 Å². The molecule has 0 saturated carbocycles. The number of halogens is 1. The van der Waals surface area contributed by atoms with E-state index in [0.29, 0.717) is 6.10 Å². The lowest BCUT2D eigenvalue weighted by atomic mass is 10.1. The number of nitrogens with one attached hydrogen (secondary N) is 1. The largest absolute Gasteiger partial charge is 0.378 e. The van der Waals surface area contributed by atoms with Crippen LogP contribution in [0.1, 0.15) is 38.7 Å². The third-order valence-electron chi connectivity index (χ3n) is 3.80. The van der Waals surface area contributed by atoms with Gasteiger partial charge in [-0.05, 0) is 54.7 Å². The molecule has 1 aliphatic heterocycles. The molecule has 0 atom stereocenters. The van der Waals surface area contributed by atoms with E-state index in [1.165, 1.54) is 5.56 Å². The van der Waals surface area contributed by atoms with Gasteiger partial charge in [-0.3, -0.25) is 0 Å². The van der Waals surface area contributed by atoms with Crippen LogP contribution < -0.4 is 10.2 Å². The molecule has 2 rings (SSSR count). The molecule has 0 aromatic carbocycles. The summed E-state index contributed by atoms with van der Waals surface area (Å²) in [5, 5.41) is 3.47. The van der Waals surface area contributed by atoms with Crippen molar-refractivity contribution in [2.24, 2.45) is 0 Å². The van der Waals surface area contributed by atoms with Crippen LogP contribution in [0.5, 0.6) is 0 Å². The highest BCUT2D eigenvalue weighted by atomic mass is 79.9. The number of rotatable bonds is 7. The van der Waals surface area contributed by atoms with Gasteiger partial charge in [0, 0.05) is 42.5 Å². The van der Waals surface area contributed by atoms with Crippen molar-refractivity contribution in [1.29, 1.82) is 0 Å². The van der Waals surface area contributed by atoms with Crippen LogP contribution in [0, 0.1) is 0 Å². The van der Waals surface area contributed by atoms with E-state index in [9.17, 15) is 0 Å². The van der Waals surface area contributed by atoms with Crippen LogP contribution in [0.3, 0.4) is 0 Å². The Morgan fingerprint density at radius 1 is 1.38 bits per heavy atom. The maximum absolute atomic E-state index is 5.73. The molecule has 0 radical (unpaired) electrons. The van der Waals surface area contributed by atoms with Crippen molar-refractivity contribution in [3.8, 4) is 0 Å². The summed E-state index contributed by atoms with van der Waals surface area (Å²) in [6.45, 7) is 9.04. The topological polar surface area (TPSA) is 37.4 Å². The standard InChI is InChI=1S/C16H26BrN3O/c1-3-7-18-11-13-10-14(17)12-19-16(13)20-8-5-15(6-9-20)21-4-2/h10,12,15,18H,3-9,11H2,1-2H3. The Balaban J connectivity index is 2.01. The van der Waals surface area contributed by atoms with Gasteiger partial charge in [0.15, 0.2) is 0 Å². The number of aromatic nitrogens is 1. The fraction of sp³-hybridized carbons (Fsp3) is 0.688. The second-order valence-electron chi connectivity index (χ2n) is 5.45. The Hall–Kier alpha value is -0.650. The summed E-state index contributed by atoms with van der Waals surface area (Å²) < 4.78 is 6.77. The Kier molecular flexibility index (Phi) is 6.93. The average Bonchev–Trinajstić information content (AvgIpc) is 2.49. The van der Waals surface area contributed by atoms with E-state index >= 15 is 0 Å². The van der Waals surface area contributed by atoms with E-state index in [1.54, 1.807) is 0 Å². The second-order valence-corrected chi connectivity index (χ2v) is 6.37. The first kappa shape index (κ1) is 16.7. The Morgan fingerprint density at radius 2 is 2.14 bits per heavy atom. The van der Waals surface area contributed by atoms with Crippen LogP contribution in [-0.2, 0) is 11.3 Å². The van der Waals surface area contributed by atoms with E-state index in [0.717, 1.165) is 62.3 Å². The van der Waals surface area contributed by atoms with E-state index < -0.39 is 0 Å². The maximum Gasteiger partial charge on any atom is 0.133 e. The van der Waals surface area contributed by atoms with Crippen LogP contribution >= 0.6 is 15.9 Å². The summed E-state index contributed by atoms with van der Waals surface area (Å²) in [7, 11) is 0. The average molecular weight is 356 g/mol. The molecular formula is C16H26BrN3O. The third kappa shape index (κ3) is 4.94. The zero-order chi connectivity index (χ0) is 15.1. The Bertz CT molecular complexity index is 434. The van der Waals surface area contributed by atoms with Crippen molar-refractivity contribution < 1.29 is 4.74 Å². The first-order valence-corrected chi connectivity index (χ1v) is 8.75. The smallest absolute Gasteiger partial charge is 0.133 e. The molecular weight excluding hydrogens is 330 g/mol. The molecule has 21 heavy (non-hydrogen) atoms. The molecule has 118 valence electrons. The van der Waals surface area contributed by atoms with Gasteiger partial charge < -0.3 is 15.0 Å². The van der Waals surface area contributed by atoms with Gasteiger partial charge in [0.05, 0.1) is 6.10 Å². The molecule has 1 aromatic rings. The van der Waals surface area contributed by atoms with Crippen LogP contribution in [0.15, 0.2) is 16.7 Å². The van der Waals surface area contributed by atoms with Gasteiger partial charge in [-0.2, -0.15) is 0 Å². The highest BCUT2D eigenvalue weighted by Gasteiger charge is 2.22. The fourth-order valence-corrected chi connectivity index (χ4v) is 3.14. The van der Waals surface area contributed by atoms with Crippen LogP contribution in [0.2, 0.25) is 0 Å². The van der Waals surface area contributed by atoms with Crippen molar-refractivity contribution >= 4 is 21.7 Å². The zero-order valence-electron chi connectivity index (χ0n) is 13.1. The molecule has 0 unspecified atom stereocenters. The highest BCUT2D eigenvalue weighted by Crippen LogP contribution is 2.25. The quantitative estimate of drug-likeness (QED) is 0.761. The van der Waals surface area contributed by atoms with E-state index in [-0.39, 0.29) is 0 Å². The molecule has 0 spiro atoms. The minimum atomic E-state index is 0.420. The normalized spacial score (nSPS) is 16.4. The lowest BCUT2D eigenvalue weighted by Crippen LogP contribution is -2.38.